The Morgan fingerprint density at radius 2 is 1.69 bits per heavy atom. The maximum absolute atomic E-state index is 13.2. The Balaban J connectivity index is 2.17. The van der Waals surface area contributed by atoms with Gasteiger partial charge in [0.2, 0.25) is 5.78 Å². The van der Waals surface area contributed by atoms with Gasteiger partial charge in [0.05, 0.1) is 10.5 Å². The van der Waals surface area contributed by atoms with Gasteiger partial charge in [-0.2, -0.15) is 0 Å². The molecule has 6 heteroatoms. The summed E-state index contributed by atoms with van der Waals surface area (Å²) >= 11 is 0. The minimum Gasteiger partial charge on any atom is -0.478 e. The van der Waals surface area contributed by atoms with Crippen molar-refractivity contribution in [2.45, 2.75) is 37.2 Å². The van der Waals surface area contributed by atoms with Crippen LogP contribution in [0.25, 0.3) is 11.3 Å². The summed E-state index contributed by atoms with van der Waals surface area (Å²) in [5.74, 6) is 0.421. The fraction of sp³-hybridized carbons (Fsp3) is 0.300. The number of ether oxygens (including phenoxy) is 1. The summed E-state index contributed by atoms with van der Waals surface area (Å²) in [5.41, 5.74) is 0.974. The summed E-state index contributed by atoms with van der Waals surface area (Å²) in [6.45, 7) is 3.86. The van der Waals surface area contributed by atoms with Crippen LogP contribution in [0, 0.1) is 0 Å². The average molecular weight is 371 g/mol. The lowest BCUT2D eigenvalue weighted by Gasteiger charge is -2.25. The number of rotatable bonds is 5. The minimum absolute atomic E-state index is 0.0577. The van der Waals surface area contributed by atoms with E-state index in [0.717, 1.165) is 6.26 Å². The highest BCUT2D eigenvalue weighted by Crippen LogP contribution is 2.44. The van der Waals surface area contributed by atoms with E-state index < -0.39 is 15.4 Å². The molecule has 0 fully saturated rings. The van der Waals surface area contributed by atoms with Crippen LogP contribution in [0.1, 0.15) is 37.8 Å². The summed E-state index contributed by atoms with van der Waals surface area (Å²) in [6, 6.07) is 10.0. The van der Waals surface area contributed by atoms with Crippen molar-refractivity contribution in [2.24, 2.45) is 0 Å². The maximum atomic E-state index is 13.2. The predicted octanol–water partition coefficient (Wildman–Crippen LogP) is 3.51. The number of pyridine rings is 1. The van der Waals surface area contributed by atoms with Crippen LogP contribution in [-0.4, -0.2) is 31.0 Å². The lowest BCUT2D eigenvalue weighted by molar-refractivity contribution is -0.128. The van der Waals surface area contributed by atoms with Crippen molar-refractivity contribution in [3.8, 4) is 0 Å². The minimum atomic E-state index is -3.29. The molecule has 0 saturated heterocycles. The second kappa shape index (κ2) is 6.68. The van der Waals surface area contributed by atoms with Crippen LogP contribution in [0.5, 0.6) is 0 Å². The first kappa shape index (κ1) is 18.3. The van der Waals surface area contributed by atoms with E-state index >= 15 is 0 Å². The van der Waals surface area contributed by atoms with Gasteiger partial charge < -0.3 is 4.74 Å². The van der Waals surface area contributed by atoms with E-state index in [2.05, 4.69) is 4.98 Å². The summed E-state index contributed by atoms with van der Waals surface area (Å²) < 4.78 is 29.6. The fourth-order valence-corrected chi connectivity index (χ4v) is 3.80. The Bertz CT molecular complexity index is 957. The number of ketones is 1. The molecule has 0 N–H and O–H groups in total. The molecule has 1 aliphatic rings. The average Bonchev–Trinajstić information content (AvgIpc) is 2.95. The number of nitrogens with zero attached hydrogens (tertiary/aromatic N) is 1. The molecule has 0 spiro atoms. The molecule has 0 atom stereocenters. The molecule has 1 aromatic carbocycles. The molecule has 0 amide bonds. The highest BCUT2D eigenvalue weighted by Gasteiger charge is 2.47. The summed E-state index contributed by atoms with van der Waals surface area (Å²) in [7, 11) is -3.29. The quantitative estimate of drug-likeness (QED) is 0.804. The smallest absolute Gasteiger partial charge is 0.210 e. The normalized spacial score (nSPS) is 16.7. The van der Waals surface area contributed by atoms with E-state index in [1.807, 2.05) is 19.9 Å². The maximum Gasteiger partial charge on any atom is 0.210 e. The van der Waals surface area contributed by atoms with Crippen LogP contribution in [0.2, 0.25) is 0 Å². The molecule has 2 aromatic rings. The third kappa shape index (κ3) is 3.05. The molecule has 1 aromatic heterocycles. The first-order valence-electron chi connectivity index (χ1n) is 8.51. The molecule has 0 bridgehead atoms. The number of sulfone groups is 1. The first-order chi connectivity index (χ1) is 12.3. The predicted molar refractivity (Wildman–Crippen MR) is 100 cm³/mol. The van der Waals surface area contributed by atoms with Gasteiger partial charge in [0.25, 0.3) is 0 Å². The van der Waals surface area contributed by atoms with Crippen molar-refractivity contribution in [2.75, 3.05) is 6.26 Å². The number of hydrogen-bond donors (Lipinski definition) is 0. The highest BCUT2D eigenvalue weighted by atomic mass is 32.2. The summed E-state index contributed by atoms with van der Waals surface area (Å²) in [6.07, 6.45) is 5.56. The zero-order valence-electron chi connectivity index (χ0n) is 15.0. The molecule has 0 aliphatic carbocycles. The molecular weight excluding hydrogens is 350 g/mol. The van der Waals surface area contributed by atoms with Crippen LogP contribution in [0.3, 0.4) is 0 Å². The topological polar surface area (TPSA) is 73.3 Å². The molecule has 1 aliphatic heterocycles. The molecule has 3 rings (SSSR count). The third-order valence-corrected chi connectivity index (χ3v) is 5.93. The van der Waals surface area contributed by atoms with Gasteiger partial charge >= 0.3 is 0 Å². The molecule has 0 saturated carbocycles. The van der Waals surface area contributed by atoms with E-state index in [-0.39, 0.29) is 10.7 Å². The zero-order chi connectivity index (χ0) is 18.9. The standard InChI is InChI=1S/C20H21NO4S/c1-4-20(5-2)19(22)17(15-7-6-12-21-13-15)18(25-20)14-8-10-16(11-9-14)26(3,23)24/h6-13H,4-5H2,1-3H3. The highest BCUT2D eigenvalue weighted by molar-refractivity contribution is 7.90. The van der Waals surface area contributed by atoms with Crippen molar-refractivity contribution in [3.63, 3.8) is 0 Å². The van der Waals surface area contributed by atoms with E-state index in [0.29, 0.717) is 35.3 Å². The van der Waals surface area contributed by atoms with Crippen molar-refractivity contribution in [1.82, 2.24) is 4.98 Å². The summed E-state index contributed by atoms with van der Waals surface area (Å²) in [5, 5.41) is 0. The number of hydrogen-bond acceptors (Lipinski definition) is 5. The Kier molecular flexibility index (Phi) is 4.71. The first-order valence-corrected chi connectivity index (χ1v) is 10.4. The van der Waals surface area contributed by atoms with E-state index in [1.54, 1.807) is 30.6 Å². The SMILES string of the molecule is CCC1(CC)OC(c2ccc(S(C)(=O)=O)cc2)=C(c2cccnc2)C1=O. The number of carbonyl (C=O) groups is 1. The lowest BCUT2D eigenvalue weighted by Crippen LogP contribution is -2.35. The summed E-state index contributed by atoms with van der Waals surface area (Å²) in [4.78, 5) is 17.5. The van der Waals surface area contributed by atoms with Gasteiger partial charge in [-0.3, -0.25) is 9.78 Å². The van der Waals surface area contributed by atoms with Crippen LogP contribution in [0.4, 0.5) is 0 Å². The van der Waals surface area contributed by atoms with Crippen molar-refractivity contribution < 1.29 is 17.9 Å². The van der Waals surface area contributed by atoms with Gasteiger partial charge in [-0.1, -0.05) is 19.9 Å². The van der Waals surface area contributed by atoms with Gasteiger partial charge in [0.1, 0.15) is 5.76 Å². The largest absolute Gasteiger partial charge is 0.478 e. The number of carbonyl (C=O) groups excluding carboxylic acids is 1. The molecule has 5 nitrogen and oxygen atoms in total. The molecule has 136 valence electrons. The van der Waals surface area contributed by atoms with Crippen molar-refractivity contribution in [1.29, 1.82) is 0 Å². The van der Waals surface area contributed by atoms with Gasteiger partial charge in [-0.15, -0.1) is 0 Å². The van der Waals surface area contributed by atoms with Crippen LogP contribution < -0.4 is 0 Å². The molecule has 0 unspecified atom stereocenters. The van der Waals surface area contributed by atoms with Gasteiger partial charge in [-0.25, -0.2) is 8.42 Å². The van der Waals surface area contributed by atoms with Crippen LogP contribution in [-0.2, 0) is 19.4 Å². The second-order valence-corrected chi connectivity index (χ2v) is 8.39. The molecule has 0 radical (unpaired) electrons. The second-order valence-electron chi connectivity index (χ2n) is 6.37. The molecular formula is C20H21NO4S. The Morgan fingerprint density at radius 1 is 1.04 bits per heavy atom. The van der Waals surface area contributed by atoms with Gasteiger partial charge in [0.15, 0.2) is 15.4 Å². The van der Waals surface area contributed by atoms with E-state index in [1.165, 1.54) is 12.1 Å². The van der Waals surface area contributed by atoms with Crippen LogP contribution in [0.15, 0.2) is 53.7 Å². The molecule has 2 heterocycles. The monoisotopic (exact) mass is 371 g/mol. The number of aromatic nitrogens is 1. The molecule has 26 heavy (non-hydrogen) atoms. The van der Waals surface area contributed by atoms with Gasteiger partial charge in [0, 0.05) is 29.8 Å². The fourth-order valence-electron chi connectivity index (χ4n) is 3.17. The van der Waals surface area contributed by atoms with Crippen LogP contribution >= 0.6 is 0 Å². The Hall–Kier alpha value is -2.47. The van der Waals surface area contributed by atoms with E-state index in [9.17, 15) is 13.2 Å². The van der Waals surface area contributed by atoms with Crippen molar-refractivity contribution >= 4 is 27.0 Å². The van der Waals surface area contributed by atoms with E-state index in [4.69, 9.17) is 4.74 Å². The van der Waals surface area contributed by atoms with Crippen molar-refractivity contribution in [3.05, 3.63) is 59.9 Å². The number of benzene rings is 1. The zero-order valence-corrected chi connectivity index (χ0v) is 15.8. The Morgan fingerprint density at radius 3 is 2.19 bits per heavy atom. The third-order valence-electron chi connectivity index (χ3n) is 4.80. The Labute approximate surface area is 153 Å². The van der Waals surface area contributed by atoms with Gasteiger partial charge in [-0.05, 0) is 43.2 Å². The number of Topliss-reactive ketones (excluding diaryl/α,β-unsaturated/α-hetero) is 1. The lowest BCUT2D eigenvalue weighted by atomic mass is 9.87.